The maximum Gasteiger partial charge on any atom is 0.272 e. The van der Waals surface area contributed by atoms with Crippen LogP contribution in [0.25, 0.3) is 0 Å². The Hall–Kier alpha value is -2.36. The van der Waals surface area contributed by atoms with Crippen molar-refractivity contribution < 1.29 is 4.79 Å². The zero-order chi connectivity index (χ0) is 16.8. The lowest BCUT2D eigenvalue weighted by molar-refractivity contribution is 0.0746. The van der Waals surface area contributed by atoms with E-state index in [0.29, 0.717) is 24.8 Å². The van der Waals surface area contributed by atoms with Crippen LogP contribution in [0.2, 0.25) is 0 Å². The largest absolute Gasteiger partial charge is 0.382 e. The fraction of sp³-hybridized carbons (Fsp3) is 0.400. The van der Waals surface area contributed by atoms with Crippen molar-refractivity contribution in [3.63, 3.8) is 0 Å². The molecule has 126 valence electrons. The van der Waals surface area contributed by atoms with Gasteiger partial charge >= 0.3 is 0 Å². The summed E-state index contributed by atoms with van der Waals surface area (Å²) >= 11 is 0. The van der Waals surface area contributed by atoms with E-state index in [-0.39, 0.29) is 5.91 Å². The number of amides is 1. The van der Waals surface area contributed by atoms with Crippen LogP contribution in [0, 0.1) is 0 Å². The van der Waals surface area contributed by atoms with E-state index in [1.165, 1.54) is 25.7 Å². The number of nitrogens with zero attached hydrogens (tertiary/aromatic N) is 2. The predicted octanol–water partition coefficient (Wildman–Crippen LogP) is 4.10. The number of pyridine rings is 1. The highest BCUT2D eigenvalue weighted by Gasteiger charge is 2.18. The van der Waals surface area contributed by atoms with E-state index in [2.05, 4.69) is 10.3 Å². The van der Waals surface area contributed by atoms with Crippen LogP contribution < -0.4 is 5.32 Å². The Balaban J connectivity index is 1.70. The van der Waals surface area contributed by atoms with Crippen LogP contribution in [-0.2, 0) is 6.54 Å². The van der Waals surface area contributed by atoms with Crippen molar-refractivity contribution in [1.82, 2.24) is 9.88 Å². The molecule has 0 saturated heterocycles. The highest BCUT2D eigenvalue weighted by molar-refractivity contribution is 5.93. The second kappa shape index (κ2) is 7.95. The minimum Gasteiger partial charge on any atom is -0.382 e. The number of aromatic nitrogens is 1. The molecule has 0 unspecified atom stereocenters. The summed E-state index contributed by atoms with van der Waals surface area (Å²) in [6.45, 7) is 3.27. The van der Waals surface area contributed by atoms with Gasteiger partial charge < -0.3 is 10.2 Å². The Bertz CT molecular complexity index is 666. The molecule has 4 heteroatoms. The van der Waals surface area contributed by atoms with E-state index in [1.54, 1.807) is 6.20 Å². The Kier molecular flexibility index (Phi) is 5.47. The van der Waals surface area contributed by atoms with Crippen molar-refractivity contribution in [1.29, 1.82) is 0 Å². The third-order valence-corrected chi connectivity index (χ3v) is 4.59. The third kappa shape index (κ3) is 4.13. The molecule has 0 atom stereocenters. The lowest BCUT2D eigenvalue weighted by Gasteiger charge is -2.21. The molecule has 1 aliphatic rings. The maximum absolute atomic E-state index is 12.8. The Morgan fingerprint density at radius 3 is 2.67 bits per heavy atom. The summed E-state index contributed by atoms with van der Waals surface area (Å²) in [7, 11) is 0. The number of anilines is 1. The maximum atomic E-state index is 12.8. The van der Waals surface area contributed by atoms with Crippen LogP contribution in [0.15, 0.2) is 48.7 Å². The second-order valence-corrected chi connectivity index (χ2v) is 6.36. The van der Waals surface area contributed by atoms with Gasteiger partial charge in [-0.1, -0.05) is 43.2 Å². The molecule has 1 fully saturated rings. The summed E-state index contributed by atoms with van der Waals surface area (Å²) in [5.74, 6) is -0.0172. The van der Waals surface area contributed by atoms with E-state index >= 15 is 0 Å². The predicted molar refractivity (Wildman–Crippen MR) is 97.0 cm³/mol. The van der Waals surface area contributed by atoms with Crippen LogP contribution in [0.5, 0.6) is 0 Å². The number of hydrogen-bond acceptors (Lipinski definition) is 3. The van der Waals surface area contributed by atoms with E-state index in [9.17, 15) is 4.79 Å². The summed E-state index contributed by atoms with van der Waals surface area (Å²) in [4.78, 5) is 18.9. The van der Waals surface area contributed by atoms with Crippen molar-refractivity contribution in [2.24, 2.45) is 0 Å². The third-order valence-electron chi connectivity index (χ3n) is 4.59. The smallest absolute Gasteiger partial charge is 0.272 e. The van der Waals surface area contributed by atoms with Gasteiger partial charge in [0.2, 0.25) is 0 Å². The highest BCUT2D eigenvalue weighted by Crippen LogP contribution is 2.22. The van der Waals surface area contributed by atoms with E-state index < -0.39 is 0 Å². The van der Waals surface area contributed by atoms with Crippen LogP contribution in [0.1, 0.15) is 48.7 Å². The molecule has 0 radical (unpaired) electrons. The summed E-state index contributed by atoms with van der Waals surface area (Å²) in [5.41, 5.74) is 2.64. The van der Waals surface area contributed by atoms with Crippen LogP contribution in [0.3, 0.4) is 0 Å². The first-order valence-electron chi connectivity index (χ1n) is 8.82. The highest BCUT2D eigenvalue weighted by atomic mass is 16.2. The van der Waals surface area contributed by atoms with E-state index in [4.69, 9.17) is 0 Å². The molecule has 2 aromatic rings. The average molecular weight is 323 g/mol. The average Bonchev–Trinajstić information content (AvgIpc) is 3.13. The fourth-order valence-electron chi connectivity index (χ4n) is 3.24. The van der Waals surface area contributed by atoms with Crippen molar-refractivity contribution in [2.75, 3.05) is 11.9 Å². The van der Waals surface area contributed by atoms with Gasteiger partial charge in [0.05, 0.1) is 0 Å². The number of carbonyl (C=O) groups excluding carboxylic acids is 1. The molecule has 1 heterocycles. The molecule has 1 aromatic heterocycles. The van der Waals surface area contributed by atoms with Gasteiger partial charge in [-0.2, -0.15) is 0 Å². The van der Waals surface area contributed by atoms with Gasteiger partial charge in [0.15, 0.2) is 0 Å². The second-order valence-electron chi connectivity index (χ2n) is 6.36. The molecule has 1 N–H and O–H groups in total. The Morgan fingerprint density at radius 1 is 1.21 bits per heavy atom. The van der Waals surface area contributed by atoms with Crippen LogP contribution in [0.4, 0.5) is 5.69 Å². The summed E-state index contributed by atoms with van der Waals surface area (Å²) in [5, 5.41) is 3.53. The molecular weight excluding hydrogens is 298 g/mol. The number of benzene rings is 1. The number of hydrogen-bond donors (Lipinski definition) is 1. The zero-order valence-electron chi connectivity index (χ0n) is 14.2. The molecule has 1 saturated carbocycles. The van der Waals surface area contributed by atoms with Gasteiger partial charge in [0.25, 0.3) is 5.91 Å². The monoisotopic (exact) mass is 323 g/mol. The summed E-state index contributed by atoms with van der Waals surface area (Å²) in [6, 6.07) is 14.4. The fourth-order valence-corrected chi connectivity index (χ4v) is 3.24. The molecule has 0 spiro atoms. The lowest BCUT2D eigenvalue weighted by Crippen LogP contribution is -2.31. The van der Waals surface area contributed by atoms with Gasteiger partial charge in [-0.05, 0) is 37.5 Å². The standard InChI is InChI=1S/C20H25N3O/c1-2-23(15-16-8-4-3-5-9-16)20(24)19-14-18(12-13-21-19)22-17-10-6-7-11-17/h3-5,8-9,12-14,17H,2,6-7,10-11,15H2,1H3,(H,21,22). The molecule has 0 aliphatic heterocycles. The first-order valence-corrected chi connectivity index (χ1v) is 8.82. The van der Waals surface area contributed by atoms with Crippen LogP contribution in [-0.4, -0.2) is 28.4 Å². The molecule has 1 aromatic carbocycles. The number of nitrogens with one attached hydrogen (secondary N) is 1. The topological polar surface area (TPSA) is 45.2 Å². The number of rotatable bonds is 6. The van der Waals surface area contributed by atoms with Gasteiger partial charge in [0.1, 0.15) is 5.69 Å². The normalized spacial score (nSPS) is 14.5. The van der Waals surface area contributed by atoms with E-state index in [1.807, 2.05) is 54.3 Å². The van der Waals surface area contributed by atoms with Crippen molar-refractivity contribution in [3.05, 3.63) is 59.9 Å². The minimum atomic E-state index is -0.0172. The first kappa shape index (κ1) is 16.5. The molecule has 4 nitrogen and oxygen atoms in total. The van der Waals surface area contributed by atoms with Gasteiger partial charge in [0, 0.05) is 31.0 Å². The van der Waals surface area contributed by atoms with Crippen molar-refractivity contribution in [3.8, 4) is 0 Å². The minimum absolute atomic E-state index is 0.0172. The molecule has 0 bridgehead atoms. The Morgan fingerprint density at radius 2 is 1.96 bits per heavy atom. The van der Waals surface area contributed by atoms with Gasteiger partial charge in [-0.25, -0.2) is 0 Å². The quantitative estimate of drug-likeness (QED) is 0.870. The molecule has 3 rings (SSSR count). The lowest BCUT2D eigenvalue weighted by atomic mass is 10.2. The molecule has 1 amide bonds. The molecule has 24 heavy (non-hydrogen) atoms. The van der Waals surface area contributed by atoms with Gasteiger partial charge in [-0.15, -0.1) is 0 Å². The zero-order valence-corrected chi connectivity index (χ0v) is 14.2. The van der Waals surface area contributed by atoms with Crippen molar-refractivity contribution in [2.45, 2.75) is 45.2 Å². The SMILES string of the molecule is CCN(Cc1ccccc1)C(=O)c1cc(NC2CCCC2)ccn1. The summed E-state index contributed by atoms with van der Waals surface area (Å²) in [6.07, 6.45) is 6.71. The van der Waals surface area contributed by atoms with E-state index in [0.717, 1.165) is 11.3 Å². The first-order chi connectivity index (χ1) is 11.8. The van der Waals surface area contributed by atoms with Gasteiger partial charge in [-0.3, -0.25) is 9.78 Å². The van der Waals surface area contributed by atoms with Crippen molar-refractivity contribution >= 4 is 11.6 Å². The molecular formula is C20H25N3O. The van der Waals surface area contributed by atoms with Crippen LogP contribution >= 0.6 is 0 Å². The Labute approximate surface area is 143 Å². The molecule has 1 aliphatic carbocycles. The number of carbonyl (C=O) groups is 1. The summed E-state index contributed by atoms with van der Waals surface area (Å²) < 4.78 is 0.